The van der Waals surface area contributed by atoms with Gasteiger partial charge in [-0.3, -0.25) is 9.59 Å². The van der Waals surface area contributed by atoms with Gasteiger partial charge in [0, 0.05) is 24.2 Å². The lowest BCUT2D eigenvalue weighted by molar-refractivity contribution is -0.117. The van der Waals surface area contributed by atoms with E-state index in [0.717, 1.165) is 51.4 Å². The maximum Gasteiger partial charge on any atom is 0.338 e. The van der Waals surface area contributed by atoms with Crippen LogP contribution in [0.2, 0.25) is 0 Å². The molecule has 0 aliphatic heterocycles. The van der Waals surface area contributed by atoms with Gasteiger partial charge in [0.15, 0.2) is 0 Å². The highest BCUT2D eigenvalue weighted by atomic mass is 16.5. The Morgan fingerprint density at radius 2 is 0.895 bits per heavy atom. The Kier molecular flexibility index (Phi) is 14.2. The molecule has 8 heteroatoms. The van der Waals surface area contributed by atoms with Crippen LogP contribution in [0, 0.1) is 0 Å². The largest absolute Gasteiger partial charge is 0.462 e. The molecule has 2 amide bonds. The fourth-order valence-electron chi connectivity index (χ4n) is 3.66. The second-order valence-corrected chi connectivity index (χ2v) is 9.14. The van der Waals surface area contributed by atoms with E-state index in [2.05, 4.69) is 10.6 Å². The summed E-state index contributed by atoms with van der Waals surface area (Å²) in [7, 11) is 0. The minimum atomic E-state index is -0.359. The average Bonchev–Trinajstić information content (AvgIpc) is 2.92. The number of carbonyl (C=O) groups excluding carboxylic acids is 4. The number of esters is 2. The van der Waals surface area contributed by atoms with Crippen LogP contribution in [0.1, 0.15) is 98.8 Å². The van der Waals surface area contributed by atoms with Crippen molar-refractivity contribution < 1.29 is 28.7 Å². The van der Waals surface area contributed by atoms with E-state index in [0.29, 0.717) is 48.6 Å². The first-order valence-corrected chi connectivity index (χ1v) is 13.6. The summed E-state index contributed by atoms with van der Waals surface area (Å²) in [6.07, 6.45) is 7.96. The van der Waals surface area contributed by atoms with Crippen molar-refractivity contribution in [3.8, 4) is 0 Å². The lowest BCUT2D eigenvalue weighted by Gasteiger charge is -2.08. The van der Waals surface area contributed by atoms with Gasteiger partial charge in [0.1, 0.15) is 0 Å². The molecule has 2 N–H and O–H groups in total. The first kappa shape index (κ1) is 30.5. The molecule has 0 fully saturated rings. The molecule has 0 aliphatic rings. The molecule has 206 valence electrons. The molecule has 0 radical (unpaired) electrons. The summed E-state index contributed by atoms with van der Waals surface area (Å²) >= 11 is 0. The standard InChI is InChI=1S/C30H40N2O6/c1-3-21-37-29(35)23-13-17-25(18-14-23)31-27(33)11-9-7-5-6-8-10-12-28(34)32-26-19-15-24(16-20-26)30(36)38-22-4-2/h13-20H,3-12,21-22H2,1-2H3,(H,31,33)(H,32,34). The zero-order chi connectivity index (χ0) is 27.6. The Hall–Kier alpha value is -3.68. The number of nitrogens with one attached hydrogen (secondary N) is 2. The first-order valence-electron chi connectivity index (χ1n) is 13.6. The van der Waals surface area contributed by atoms with Crippen LogP contribution in [0.3, 0.4) is 0 Å². The number of ether oxygens (including phenoxy) is 2. The number of rotatable bonds is 17. The third kappa shape index (κ3) is 12.0. The first-order chi connectivity index (χ1) is 18.4. The number of hydrogen-bond donors (Lipinski definition) is 2. The van der Waals surface area contributed by atoms with Crippen molar-refractivity contribution in [1.29, 1.82) is 0 Å². The van der Waals surface area contributed by atoms with Crippen molar-refractivity contribution in [2.24, 2.45) is 0 Å². The zero-order valence-electron chi connectivity index (χ0n) is 22.6. The summed E-state index contributed by atoms with van der Waals surface area (Å²) in [5.74, 6) is -0.812. The van der Waals surface area contributed by atoms with Crippen LogP contribution in [-0.4, -0.2) is 37.0 Å². The summed E-state index contributed by atoms with van der Waals surface area (Å²) in [6, 6.07) is 13.4. The summed E-state index contributed by atoms with van der Waals surface area (Å²) in [5, 5.41) is 5.71. The molecular weight excluding hydrogens is 484 g/mol. The van der Waals surface area contributed by atoms with Crippen LogP contribution in [0.4, 0.5) is 11.4 Å². The minimum Gasteiger partial charge on any atom is -0.462 e. The van der Waals surface area contributed by atoms with Crippen molar-refractivity contribution in [2.45, 2.75) is 78.1 Å². The second-order valence-electron chi connectivity index (χ2n) is 9.14. The van der Waals surface area contributed by atoms with Gasteiger partial charge in [0.2, 0.25) is 11.8 Å². The molecule has 0 saturated carbocycles. The Labute approximate surface area is 225 Å². The van der Waals surface area contributed by atoms with Crippen molar-refractivity contribution in [3.63, 3.8) is 0 Å². The summed E-state index contributed by atoms with van der Waals surface area (Å²) in [4.78, 5) is 48.0. The smallest absolute Gasteiger partial charge is 0.338 e. The van der Waals surface area contributed by atoms with Crippen molar-refractivity contribution in [2.75, 3.05) is 23.8 Å². The van der Waals surface area contributed by atoms with Crippen LogP contribution in [0.25, 0.3) is 0 Å². The highest BCUT2D eigenvalue weighted by molar-refractivity contribution is 5.94. The molecule has 2 rings (SSSR count). The van der Waals surface area contributed by atoms with Gasteiger partial charge in [-0.15, -0.1) is 0 Å². The van der Waals surface area contributed by atoms with E-state index in [1.54, 1.807) is 48.5 Å². The predicted molar refractivity (Wildman–Crippen MR) is 148 cm³/mol. The molecule has 0 aliphatic carbocycles. The number of unbranched alkanes of at least 4 members (excludes halogenated alkanes) is 5. The van der Waals surface area contributed by atoms with Gasteiger partial charge in [-0.05, 0) is 74.2 Å². The van der Waals surface area contributed by atoms with Gasteiger partial charge < -0.3 is 20.1 Å². The van der Waals surface area contributed by atoms with Crippen LogP contribution in [0.15, 0.2) is 48.5 Å². The molecule has 0 bridgehead atoms. The van der Waals surface area contributed by atoms with Gasteiger partial charge in [-0.1, -0.05) is 39.5 Å². The van der Waals surface area contributed by atoms with E-state index in [4.69, 9.17) is 9.47 Å². The van der Waals surface area contributed by atoms with Crippen molar-refractivity contribution >= 4 is 35.1 Å². The normalized spacial score (nSPS) is 10.5. The fourth-order valence-corrected chi connectivity index (χ4v) is 3.66. The van der Waals surface area contributed by atoms with E-state index < -0.39 is 0 Å². The lowest BCUT2D eigenvalue weighted by Crippen LogP contribution is -2.12. The summed E-state index contributed by atoms with van der Waals surface area (Å²) in [6.45, 7) is 4.66. The molecule has 2 aromatic carbocycles. The van der Waals surface area contributed by atoms with E-state index in [1.807, 2.05) is 13.8 Å². The van der Waals surface area contributed by atoms with E-state index >= 15 is 0 Å². The molecular formula is C30H40N2O6. The Morgan fingerprint density at radius 1 is 0.553 bits per heavy atom. The van der Waals surface area contributed by atoms with Crippen LogP contribution in [0.5, 0.6) is 0 Å². The SMILES string of the molecule is CCCOC(=O)c1ccc(NC(=O)CCCCCCCCC(=O)Nc2ccc(C(=O)OCCC)cc2)cc1. The van der Waals surface area contributed by atoms with Crippen LogP contribution < -0.4 is 10.6 Å². The van der Waals surface area contributed by atoms with E-state index in [9.17, 15) is 19.2 Å². The Balaban J connectivity index is 1.51. The lowest BCUT2D eigenvalue weighted by atomic mass is 10.1. The highest BCUT2D eigenvalue weighted by Crippen LogP contribution is 2.15. The Bertz CT molecular complexity index is 935. The summed E-state index contributed by atoms with van der Waals surface area (Å²) < 4.78 is 10.2. The molecule has 38 heavy (non-hydrogen) atoms. The third-order valence-corrected chi connectivity index (χ3v) is 5.74. The number of benzene rings is 2. The maximum absolute atomic E-state index is 12.2. The number of carbonyl (C=O) groups is 4. The molecule has 0 unspecified atom stereocenters. The van der Waals surface area contributed by atoms with E-state index in [-0.39, 0.29) is 23.8 Å². The van der Waals surface area contributed by atoms with Crippen LogP contribution in [-0.2, 0) is 19.1 Å². The molecule has 0 saturated heterocycles. The fraction of sp³-hybridized carbons (Fsp3) is 0.467. The van der Waals surface area contributed by atoms with Gasteiger partial charge in [-0.25, -0.2) is 9.59 Å². The summed E-state index contributed by atoms with van der Waals surface area (Å²) in [5.41, 5.74) is 2.25. The van der Waals surface area contributed by atoms with Gasteiger partial charge in [0.05, 0.1) is 24.3 Å². The van der Waals surface area contributed by atoms with Gasteiger partial charge in [-0.2, -0.15) is 0 Å². The Morgan fingerprint density at radius 3 is 1.24 bits per heavy atom. The van der Waals surface area contributed by atoms with Crippen molar-refractivity contribution in [1.82, 2.24) is 0 Å². The third-order valence-electron chi connectivity index (χ3n) is 5.74. The predicted octanol–water partition coefficient (Wildman–Crippen LogP) is 6.52. The average molecular weight is 525 g/mol. The molecule has 0 aromatic heterocycles. The number of anilines is 2. The van der Waals surface area contributed by atoms with Crippen molar-refractivity contribution in [3.05, 3.63) is 59.7 Å². The molecule has 0 atom stereocenters. The number of amides is 2. The van der Waals surface area contributed by atoms with Gasteiger partial charge >= 0.3 is 11.9 Å². The van der Waals surface area contributed by atoms with Gasteiger partial charge in [0.25, 0.3) is 0 Å². The molecule has 8 nitrogen and oxygen atoms in total. The second kappa shape index (κ2) is 17.7. The maximum atomic E-state index is 12.2. The minimum absolute atomic E-state index is 0.0473. The number of hydrogen-bond acceptors (Lipinski definition) is 6. The molecule has 2 aromatic rings. The van der Waals surface area contributed by atoms with E-state index in [1.165, 1.54) is 0 Å². The topological polar surface area (TPSA) is 111 Å². The highest BCUT2D eigenvalue weighted by Gasteiger charge is 2.09. The monoisotopic (exact) mass is 524 g/mol. The molecule has 0 spiro atoms. The quantitative estimate of drug-likeness (QED) is 0.180. The zero-order valence-corrected chi connectivity index (χ0v) is 22.6. The molecule has 0 heterocycles. The van der Waals surface area contributed by atoms with Crippen LogP contribution >= 0.6 is 0 Å².